The van der Waals surface area contributed by atoms with Gasteiger partial charge in [0.05, 0.1) is 0 Å². The summed E-state index contributed by atoms with van der Waals surface area (Å²) < 4.78 is 0. The number of amides is 2. The molecule has 0 aromatic carbocycles. The van der Waals surface area contributed by atoms with E-state index in [0.29, 0.717) is 12.1 Å². The lowest BCUT2D eigenvalue weighted by molar-refractivity contribution is 0.249. The van der Waals surface area contributed by atoms with Gasteiger partial charge in [0, 0.05) is 12.1 Å². The predicted octanol–water partition coefficient (Wildman–Crippen LogP) is 1.25. The molecule has 14 heavy (non-hydrogen) atoms. The number of hydrogen-bond donors (Lipinski definition) is 3. The molecule has 1 aliphatic rings. The first-order chi connectivity index (χ1) is 6.63. The molecule has 0 aromatic rings. The van der Waals surface area contributed by atoms with Gasteiger partial charge in [-0.25, -0.2) is 4.79 Å². The molecular weight excluding hydrogens is 198 g/mol. The predicted molar refractivity (Wildman–Crippen MR) is 59.6 cm³/mol. The Morgan fingerprint density at radius 3 is 2.86 bits per heavy atom. The lowest BCUT2D eigenvalue weighted by Gasteiger charge is -2.18. The van der Waals surface area contributed by atoms with Gasteiger partial charge in [-0.2, -0.15) is 0 Å². The van der Waals surface area contributed by atoms with Crippen molar-refractivity contribution in [3.05, 3.63) is 23.8 Å². The number of urea groups is 1. The SMILES string of the molecule is CSC(NC(N)=O)C1=CCC(=N)C=C1. The molecule has 5 heteroatoms. The lowest BCUT2D eigenvalue weighted by Crippen LogP contribution is -2.37. The minimum Gasteiger partial charge on any atom is -0.352 e. The topological polar surface area (TPSA) is 79.0 Å². The van der Waals surface area contributed by atoms with Crippen LogP contribution in [0.15, 0.2) is 23.8 Å². The van der Waals surface area contributed by atoms with Crippen LogP contribution >= 0.6 is 11.8 Å². The molecule has 0 aliphatic heterocycles. The third-order valence-electron chi connectivity index (χ3n) is 1.85. The summed E-state index contributed by atoms with van der Waals surface area (Å²) in [6, 6.07) is -0.528. The Morgan fingerprint density at radius 1 is 1.71 bits per heavy atom. The number of rotatable bonds is 3. The van der Waals surface area contributed by atoms with E-state index in [1.165, 1.54) is 11.8 Å². The molecule has 0 fully saturated rings. The standard InChI is InChI=1S/C9H13N3OS/c1-14-8(12-9(11)13)6-2-4-7(10)5-3-6/h2-4,8,10H,5H2,1H3,(H3,11,12,13). The molecule has 1 aliphatic carbocycles. The zero-order valence-corrected chi connectivity index (χ0v) is 8.73. The molecule has 2 amide bonds. The second kappa shape index (κ2) is 4.85. The first-order valence-electron chi connectivity index (χ1n) is 4.18. The smallest absolute Gasteiger partial charge is 0.313 e. The first-order valence-corrected chi connectivity index (χ1v) is 5.46. The van der Waals surface area contributed by atoms with Crippen molar-refractivity contribution in [1.29, 1.82) is 5.41 Å². The van der Waals surface area contributed by atoms with Crippen LogP contribution in [0, 0.1) is 5.41 Å². The second-order valence-electron chi connectivity index (χ2n) is 2.89. The minimum absolute atomic E-state index is 0.114. The van der Waals surface area contributed by atoms with Crippen LogP contribution < -0.4 is 11.1 Å². The van der Waals surface area contributed by atoms with Crippen LogP contribution in [0.2, 0.25) is 0 Å². The van der Waals surface area contributed by atoms with E-state index in [0.717, 1.165) is 5.57 Å². The lowest BCUT2D eigenvalue weighted by atomic mass is 10.1. The Hall–Kier alpha value is -1.23. The van der Waals surface area contributed by atoms with E-state index in [2.05, 4.69) is 5.32 Å². The van der Waals surface area contributed by atoms with Crippen molar-refractivity contribution in [1.82, 2.24) is 5.32 Å². The summed E-state index contributed by atoms with van der Waals surface area (Å²) in [6.07, 6.45) is 8.02. The maximum absolute atomic E-state index is 10.7. The fourth-order valence-electron chi connectivity index (χ4n) is 1.16. The van der Waals surface area contributed by atoms with E-state index in [4.69, 9.17) is 11.1 Å². The van der Waals surface area contributed by atoms with Crippen molar-refractivity contribution >= 4 is 23.5 Å². The van der Waals surface area contributed by atoms with Gasteiger partial charge in [0.1, 0.15) is 5.37 Å². The van der Waals surface area contributed by atoms with Gasteiger partial charge < -0.3 is 16.5 Å². The highest BCUT2D eigenvalue weighted by Gasteiger charge is 2.13. The van der Waals surface area contributed by atoms with E-state index in [-0.39, 0.29) is 5.37 Å². The number of allylic oxidation sites excluding steroid dienone is 2. The van der Waals surface area contributed by atoms with Gasteiger partial charge in [0.2, 0.25) is 0 Å². The second-order valence-corrected chi connectivity index (χ2v) is 3.83. The number of thioether (sulfide) groups is 1. The molecule has 1 atom stereocenters. The molecule has 1 unspecified atom stereocenters. The van der Waals surface area contributed by atoms with E-state index < -0.39 is 6.03 Å². The number of primary amides is 1. The van der Waals surface area contributed by atoms with Crippen molar-refractivity contribution in [2.75, 3.05) is 6.26 Å². The number of carbonyl (C=O) groups excluding carboxylic acids is 1. The van der Waals surface area contributed by atoms with E-state index in [1.807, 2.05) is 18.4 Å². The highest BCUT2D eigenvalue weighted by molar-refractivity contribution is 7.99. The molecule has 0 spiro atoms. The number of nitrogens with one attached hydrogen (secondary N) is 2. The summed E-state index contributed by atoms with van der Waals surface area (Å²) in [5.74, 6) is 0. The molecule has 0 saturated carbocycles. The van der Waals surface area contributed by atoms with Crippen LogP contribution in [0.1, 0.15) is 6.42 Å². The van der Waals surface area contributed by atoms with Crippen molar-refractivity contribution < 1.29 is 4.79 Å². The molecule has 0 saturated heterocycles. The highest BCUT2D eigenvalue weighted by atomic mass is 32.2. The molecule has 4 N–H and O–H groups in total. The Kier molecular flexibility index (Phi) is 3.76. The van der Waals surface area contributed by atoms with Gasteiger partial charge in [-0.05, 0) is 17.9 Å². The summed E-state index contributed by atoms with van der Waals surface area (Å²) in [7, 11) is 0. The number of carbonyl (C=O) groups is 1. The fourth-order valence-corrected chi connectivity index (χ4v) is 1.84. The van der Waals surface area contributed by atoms with Gasteiger partial charge in [-0.1, -0.05) is 12.2 Å². The molecular formula is C9H13N3OS. The van der Waals surface area contributed by atoms with E-state index in [9.17, 15) is 4.79 Å². The van der Waals surface area contributed by atoms with Crippen LogP contribution in [-0.2, 0) is 0 Å². The van der Waals surface area contributed by atoms with Crippen molar-refractivity contribution in [2.45, 2.75) is 11.8 Å². The summed E-state index contributed by atoms with van der Waals surface area (Å²) in [6.45, 7) is 0. The van der Waals surface area contributed by atoms with Crippen LogP contribution in [-0.4, -0.2) is 23.4 Å². The monoisotopic (exact) mass is 211 g/mol. The summed E-state index contributed by atoms with van der Waals surface area (Å²) >= 11 is 1.50. The van der Waals surface area contributed by atoms with Crippen LogP contribution in [0.4, 0.5) is 4.79 Å². The quantitative estimate of drug-likeness (QED) is 0.614. The maximum Gasteiger partial charge on any atom is 0.313 e. The van der Waals surface area contributed by atoms with Crippen LogP contribution in [0.25, 0.3) is 0 Å². The summed E-state index contributed by atoms with van der Waals surface area (Å²) in [5.41, 5.74) is 6.62. The fraction of sp³-hybridized carbons (Fsp3) is 0.333. The zero-order chi connectivity index (χ0) is 10.6. The maximum atomic E-state index is 10.7. The van der Waals surface area contributed by atoms with E-state index in [1.54, 1.807) is 6.08 Å². The normalized spacial score (nSPS) is 17.5. The van der Waals surface area contributed by atoms with Crippen molar-refractivity contribution in [2.24, 2.45) is 5.73 Å². The Labute approximate surface area is 87.1 Å². The highest BCUT2D eigenvalue weighted by Crippen LogP contribution is 2.18. The third-order valence-corrected chi connectivity index (χ3v) is 2.71. The zero-order valence-electron chi connectivity index (χ0n) is 7.91. The summed E-state index contributed by atoms with van der Waals surface area (Å²) in [5, 5.41) is 9.88. The molecule has 1 rings (SSSR count). The number of hydrogen-bond acceptors (Lipinski definition) is 3. The number of nitrogens with two attached hydrogens (primary N) is 1. The van der Waals surface area contributed by atoms with Crippen LogP contribution in [0.5, 0.6) is 0 Å². The third kappa shape index (κ3) is 2.92. The largest absolute Gasteiger partial charge is 0.352 e. The molecule has 0 aromatic heterocycles. The average molecular weight is 211 g/mol. The van der Waals surface area contributed by atoms with Gasteiger partial charge >= 0.3 is 6.03 Å². The Morgan fingerprint density at radius 2 is 2.43 bits per heavy atom. The van der Waals surface area contributed by atoms with Crippen LogP contribution in [0.3, 0.4) is 0 Å². The molecule has 0 bridgehead atoms. The molecule has 0 radical (unpaired) electrons. The van der Waals surface area contributed by atoms with E-state index >= 15 is 0 Å². The van der Waals surface area contributed by atoms with Gasteiger partial charge in [0.25, 0.3) is 0 Å². The Balaban J connectivity index is 2.66. The minimum atomic E-state index is -0.528. The average Bonchev–Trinajstić information content (AvgIpc) is 2.15. The summed E-state index contributed by atoms with van der Waals surface area (Å²) in [4.78, 5) is 10.7. The van der Waals surface area contributed by atoms with Crippen molar-refractivity contribution in [3.63, 3.8) is 0 Å². The van der Waals surface area contributed by atoms with Gasteiger partial charge in [0.15, 0.2) is 0 Å². The molecule has 4 nitrogen and oxygen atoms in total. The van der Waals surface area contributed by atoms with Gasteiger partial charge in [-0.15, -0.1) is 11.8 Å². The first kappa shape index (κ1) is 10.8. The Bertz CT molecular complexity index is 309. The van der Waals surface area contributed by atoms with Crippen molar-refractivity contribution in [3.8, 4) is 0 Å². The van der Waals surface area contributed by atoms with Gasteiger partial charge in [-0.3, -0.25) is 0 Å². The molecule has 76 valence electrons. The molecule has 0 heterocycles.